The summed E-state index contributed by atoms with van der Waals surface area (Å²) in [7, 11) is 0. The highest BCUT2D eigenvalue weighted by Crippen LogP contribution is 2.29. The first-order chi connectivity index (χ1) is 13.1. The first-order valence-electron chi connectivity index (χ1n) is 8.60. The number of hydrogen-bond donors (Lipinski definition) is 2. The molecule has 3 amide bonds. The van der Waals surface area contributed by atoms with Gasteiger partial charge in [0.05, 0.1) is 16.1 Å². The SMILES string of the molecule is CC[C@H](C)NC(=O)NC(=O)CSc1nc(-c2cccs2)nc2ccccc12. The molecule has 0 fully saturated rings. The van der Waals surface area contributed by atoms with Crippen molar-refractivity contribution in [2.24, 2.45) is 0 Å². The van der Waals surface area contributed by atoms with E-state index >= 15 is 0 Å². The highest BCUT2D eigenvalue weighted by molar-refractivity contribution is 8.00. The van der Waals surface area contributed by atoms with Gasteiger partial charge in [0.2, 0.25) is 5.91 Å². The zero-order valence-electron chi connectivity index (χ0n) is 15.1. The maximum atomic E-state index is 12.1. The summed E-state index contributed by atoms with van der Waals surface area (Å²) >= 11 is 2.86. The number of thioether (sulfide) groups is 1. The number of carbonyl (C=O) groups excluding carboxylic acids is 2. The van der Waals surface area contributed by atoms with Crippen molar-refractivity contribution in [1.82, 2.24) is 20.6 Å². The Balaban J connectivity index is 1.74. The number of nitrogens with one attached hydrogen (secondary N) is 2. The van der Waals surface area contributed by atoms with Crippen LogP contribution in [0.3, 0.4) is 0 Å². The average Bonchev–Trinajstić information content (AvgIpc) is 3.20. The standard InChI is InChI=1S/C19H20N4O2S2/c1-3-12(2)20-19(25)22-16(24)11-27-18-13-7-4-5-8-14(13)21-17(23-18)15-9-6-10-26-15/h4-10,12H,3,11H2,1-2H3,(H2,20,22,24,25)/t12-/m0/s1. The number of hydrogen-bond acceptors (Lipinski definition) is 6. The average molecular weight is 401 g/mol. The Morgan fingerprint density at radius 2 is 2.00 bits per heavy atom. The Hall–Kier alpha value is -2.45. The van der Waals surface area contributed by atoms with Gasteiger partial charge in [0.1, 0.15) is 5.03 Å². The zero-order valence-corrected chi connectivity index (χ0v) is 16.7. The Kier molecular flexibility index (Phi) is 6.41. The molecule has 27 heavy (non-hydrogen) atoms. The van der Waals surface area contributed by atoms with Gasteiger partial charge in [0.25, 0.3) is 0 Å². The van der Waals surface area contributed by atoms with Crippen LogP contribution in [-0.4, -0.2) is 33.7 Å². The minimum atomic E-state index is -0.471. The minimum absolute atomic E-state index is 0.0182. The molecule has 0 saturated carbocycles. The molecule has 1 atom stereocenters. The zero-order chi connectivity index (χ0) is 19.2. The molecule has 1 aromatic carbocycles. The molecular formula is C19H20N4O2S2. The molecule has 140 valence electrons. The largest absolute Gasteiger partial charge is 0.335 e. The number of imide groups is 1. The summed E-state index contributed by atoms with van der Waals surface area (Å²) in [6.07, 6.45) is 0.800. The van der Waals surface area contributed by atoms with Crippen LogP contribution in [0.5, 0.6) is 0 Å². The molecule has 6 nitrogen and oxygen atoms in total. The molecule has 2 N–H and O–H groups in total. The second-order valence-corrected chi connectivity index (χ2v) is 7.88. The molecule has 3 aromatic rings. The summed E-state index contributed by atoms with van der Waals surface area (Å²) < 4.78 is 0. The van der Waals surface area contributed by atoms with Gasteiger partial charge in [-0.2, -0.15) is 0 Å². The lowest BCUT2D eigenvalue weighted by Gasteiger charge is -2.12. The molecule has 0 spiro atoms. The number of aromatic nitrogens is 2. The number of rotatable bonds is 6. The lowest BCUT2D eigenvalue weighted by Crippen LogP contribution is -2.43. The van der Waals surface area contributed by atoms with Crippen LogP contribution in [0.15, 0.2) is 46.8 Å². The van der Waals surface area contributed by atoms with E-state index in [0.717, 1.165) is 27.2 Å². The van der Waals surface area contributed by atoms with Gasteiger partial charge in [0, 0.05) is 11.4 Å². The second kappa shape index (κ2) is 8.96. The van der Waals surface area contributed by atoms with Gasteiger partial charge in [-0.25, -0.2) is 14.8 Å². The number of fused-ring (bicyclic) bond motifs is 1. The van der Waals surface area contributed by atoms with Gasteiger partial charge >= 0.3 is 6.03 Å². The molecule has 0 aliphatic rings. The Morgan fingerprint density at radius 3 is 2.74 bits per heavy atom. The number of urea groups is 1. The van der Waals surface area contributed by atoms with E-state index in [-0.39, 0.29) is 17.7 Å². The van der Waals surface area contributed by atoms with Gasteiger partial charge in [0.15, 0.2) is 5.82 Å². The summed E-state index contributed by atoms with van der Waals surface area (Å²) in [5, 5.41) is 8.65. The number of carbonyl (C=O) groups is 2. The summed E-state index contributed by atoms with van der Waals surface area (Å²) in [5.41, 5.74) is 0.827. The number of amides is 3. The topological polar surface area (TPSA) is 84.0 Å². The number of nitrogens with zero attached hydrogens (tertiary/aromatic N) is 2. The van der Waals surface area contributed by atoms with Crippen LogP contribution in [0.4, 0.5) is 4.79 Å². The highest BCUT2D eigenvalue weighted by Gasteiger charge is 2.14. The van der Waals surface area contributed by atoms with Crippen molar-refractivity contribution in [2.75, 3.05) is 5.75 Å². The van der Waals surface area contributed by atoms with Crippen LogP contribution < -0.4 is 10.6 Å². The van der Waals surface area contributed by atoms with Crippen LogP contribution in [0.25, 0.3) is 21.6 Å². The quantitative estimate of drug-likeness (QED) is 0.481. The van der Waals surface area contributed by atoms with Gasteiger partial charge in [-0.3, -0.25) is 10.1 Å². The van der Waals surface area contributed by atoms with Crippen molar-refractivity contribution in [3.8, 4) is 10.7 Å². The van der Waals surface area contributed by atoms with Crippen molar-refractivity contribution in [3.05, 3.63) is 41.8 Å². The van der Waals surface area contributed by atoms with Crippen molar-refractivity contribution in [1.29, 1.82) is 0 Å². The van der Waals surface area contributed by atoms with Gasteiger partial charge in [-0.1, -0.05) is 43.0 Å². The van der Waals surface area contributed by atoms with E-state index in [9.17, 15) is 9.59 Å². The van der Waals surface area contributed by atoms with Crippen molar-refractivity contribution in [2.45, 2.75) is 31.3 Å². The maximum Gasteiger partial charge on any atom is 0.321 e. The number of para-hydroxylation sites is 1. The summed E-state index contributed by atoms with van der Waals surface area (Å²) in [6.45, 7) is 3.85. The smallest absolute Gasteiger partial charge is 0.321 e. The van der Waals surface area contributed by atoms with E-state index in [0.29, 0.717) is 5.82 Å². The fraction of sp³-hybridized carbons (Fsp3) is 0.263. The third-order valence-corrected chi connectivity index (χ3v) is 5.75. The van der Waals surface area contributed by atoms with Crippen LogP contribution in [0.1, 0.15) is 20.3 Å². The van der Waals surface area contributed by atoms with E-state index in [4.69, 9.17) is 0 Å². The lowest BCUT2D eigenvalue weighted by molar-refractivity contribution is -0.117. The third-order valence-electron chi connectivity index (χ3n) is 3.89. The molecule has 0 bridgehead atoms. The Labute approximate surface area is 165 Å². The van der Waals surface area contributed by atoms with Crippen molar-refractivity contribution >= 4 is 45.9 Å². The van der Waals surface area contributed by atoms with Crippen LogP contribution in [0.2, 0.25) is 0 Å². The highest BCUT2D eigenvalue weighted by atomic mass is 32.2. The van der Waals surface area contributed by atoms with Gasteiger partial charge in [-0.05, 0) is 30.9 Å². The third kappa shape index (κ3) is 5.05. The molecule has 0 unspecified atom stereocenters. The van der Waals surface area contributed by atoms with Crippen LogP contribution >= 0.6 is 23.1 Å². The molecule has 8 heteroatoms. The second-order valence-electron chi connectivity index (χ2n) is 5.97. The van der Waals surface area contributed by atoms with Gasteiger partial charge < -0.3 is 5.32 Å². The predicted molar refractivity (Wildman–Crippen MR) is 110 cm³/mol. The predicted octanol–water partition coefficient (Wildman–Crippen LogP) is 4.07. The fourth-order valence-corrected chi connectivity index (χ4v) is 3.81. The summed E-state index contributed by atoms with van der Waals surface area (Å²) in [6, 6.07) is 11.2. The summed E-state index contributed by atoms with van der Waals surface area (Å²) in [4.78, 5) is 34.1. The molecule has 0 radical (unpaired) electrons. The fourth-order valence-electron chi connectivity index (χ4n) is 2.33. The van der Waals surface area contributed by atoms with E-state index in [2.05, 4.69) is 20.6 Å². The monoisotopic (exact) mass is 400 g/mol. The van der Waals surface area contributed by atoms with Crippen LogP contribution in [-0.2, 0) is 4.79 Å². The molecule has 0 aliphatic heterocycles. The van der Waals surface area contributed by atoms with E-state index < -0.39 is 6.03 Å². The molecule has 2 aromatic heterocycles. The van der Waals surface area contributed by atoms with Gasteiger partial charge in [-0.15, -0.1) is 11.3 Å². The van der Waals surface area contributed by atoms with E-state index in [1.54, 1.807) is 11.3 Å². The molecule has 0 aliphatic carbocycles. The lowest BCUT2D eigenvalue weighted by atomic mass is 10.2. The van der Waals surface area contributed by atoms with Crippen molar-refractivity contribution in [3.63, 3.8) is 0 Å². The van der Waals surface area contributed by atoms with Crippen LogP contribution in [0, 0.1) is 0 Å². The Morgan fingerprint density at radius 1 is 1.19 bits per heavy atom. The first-order valence-corrected chi connectivity index (χ1v) is 10.5. The minimum Gasteiger partial charge on any atom is -0.335 e. The Bertz CT molecular complexity index is 944. The molecule has 3 rings (SSSR count). The normalized spacial score (nSPS) is 11.9. The molecule has 0 saturated heterocycles. The number of benzene rings is 1. The van der Waals surface area contributed by atoms with E-state index in [1.165, 1.54) is 11.8 Å². The van der Waals surface area contributed by atoms with E-state index in [1.807, 2.05) is 55.6 Å². The van der Waals surface area contributed by atoms with Crippen molar-refractivity contribution < 1.29 is 9.59 Å². The summed E-state index contributed by atoms with van der Waals surface area (Å²) in [5.74, 6) is 0.376. The molecular weight excluding hydrogens is 380 g/mol. The maximum absolute atomic E-state index is 12.1. The molecule has 2 heterocycles. The first kappa shape index (κ1) is 19.3. The number of thiophene rings is 1.